The van der Waals surface area contributed by atoms with Gasteiger partial charge in [0.25, 0.3) is 0 Å². The fraction of sp³-hybridized carbons (Fsp3) is 0.467. The highest BCUT2D eigenvalue weighted by Gasteiger charge is 2.27. The number of amides is 1. The van der Waals surface area contributed by atoms with Crippen molar-refractivity contribution in [3.05, 3.63) is 29.3 Å². The lowest BCUT2D eigenvalue weighted by molar-refractivity contribution is 0.0501. The highest BCUT2D eigenvalue weighted by molar-refractivity contribution is 5.95. The maximum absolute atomic E-state index is 11.9. The van der Waals surface area contributed by atoms with E-state index in [1.54, 1.807) is 32.9 Å². The first kappa shape index (κ1) is 15.2. The van der Waals surface area contributed by atoms with E-state index in [1.807, 2.05) is 6.07 Å². The molecule has 0 saturated carbocycles. The Labute approximate surface area is 123 Å². The first-order valence-corrected chi connectivity index (χ1v) is 6.87. The summed E-state index contributed by atoms with van der Waals surface area (Å²) in [6, 6.07) is 4.79. The van der Waals surface area contributed by atoms with Crippen LogP contribution in [0.1, 0.15) is 49.2 Å². The van der Waals surface area contributed by atoms with E-state index in [-0.39, 0.29) is 11.6 Å². The number of nitrogens with one attached hydrogen (secondary N) is 2. The molecule has 2 rings (SSSR count). The third kappa shape index (κ3) is 3.65. The number of carbonyl (C=O) groups is 2. The van der Waals surface area contributed by atoms with Crippen LogP contribution >= 0.6 is 0 Å². The van der Waals surface area contributed by atoms with Crippen LogP contribution in [0.25, 0.3) is 0 Å². The minimum absolute atomic E-state index is 0.211. The molecule has 21 heavy (non-hydrogen) atoms. The Hall–Kier alpha value is -2.24. The van der Waals surface area contributed by atoms with E-state index in [9.17, 15) is 14.7 Å². The molecule has 0 saturated heterocycles. The number of ether oxygens (including phenoxy) is 1. The minimum Gasteiger partial charge on any atom is -0.478 e. The van der Waals surface area contributed by atoms with Gasteiger partial charge in [-0.3, -0.25) is 0 Å². The highest BCUT2D eigenvalue weighted by atomic mass is 16.6. The van der Waals surface area contributed by atoms with E-state index in [0.717, 1.165) is 5.56 Å². The number of carboxylic acid groups (broad SMARTS) is 1. The number of carboxylic acids is 1. The van der Waals surface area contributed by atoms with Gasteiger partial charge in [0.1, 0.15) is 5.60 Å². The van der Waals surface area contributed by atoms with Crippen LogP contribution in [0.15, 0.2) is 18.2 Å². The normalized spacial score (nSPS) is 17.4. The molecule has 114 valence electrons. The smallest absolute Gasteiger partial charge is 0.408 e. The number of anilines is 1. The molecule has 0 spiro atoms. The largest absolute Gasteiger partial charge is 0.478 e. The number of aromatic carboxylic acids is 1. The fourth-order valence-corrected chi connectivity index (χ4v) is 2.33. The van der Waals surface area contributed by atoms with Gasteiger partial charge in [-0.15, -0.1) is 0 Å². The van der Waals surface area contributed by atoms with E-state index in [0.29, 0.717) is 18.7 Å². The topological polar surface area (TPSA) is 87.7 Å². The molecule has 1 amide bonds. The molecule has 1 aromatic rings. The van der Waals surface area contributed by atoms with Crippen molar-refractivity contribution >= 4 is 17.7 Å². The van der Waals surface area contributed by atoms with Crippen LogP contribution in [0.4, 0.5) is 10.5 Å². The summed E-state index contributed by atoms with van der Waals surface area (Å²) in [6.45, 7) is 5.99. The third-order valence-corrected chi connectivity index (χ3v) is 3.13. The zero-order chi connectivity index (χ0) is 15.6. The van der Waals surface area contributed by atoms with E-state index in [4.69, 9.17) is 4.74 Å². The van der Waals surface area contributed by atoms with Crippen molar-refractivity contribution in [2.75, 3.05) is 11.9 Å². The number of para-hydroxylation sites is 1. The quantitative estimate of drug-likeness (QED) is 0.780. The van der Waals surface area contributed by atoms with Crippen molar-refractivity contribution in [1.29, 1.82) is 0 Å². The molecule has 1 unspecified atom stereocenters. The number of fused-ring (bicyclic) bond motifs is 1. The third-order valence-electron chi connectivity index (χ3n) is 3.13. The van der Waals surface area contributed by atoms with Crippen LogP contribution in [0.5, 0.6) is 0 Å². The molecule has 3 N–H and O–H groups in total. The monoisotopic (exact) mass is 292 g/mol. The van der Waals surface area contributed by atoms with Gasteiger partial charge in [-0.05, 0) is 38.8 Å². The van der Waals surface area contributed by atoms with Crippen molar-refractivity contribution in [2.45, 2.75) is 38.8 Å². The standard InChI is InChI=1S/C15H20N2O4/c1-15(2,3)21-14(20)17-11-7-8-16-12-9(11)5-4-6-10(12)13(18)19/h4-6,11,16H,7-8H2,1-3H3,(H,17,20)(H,18,19). The minimum atomic E-state index is -0.989. The molecule has 1 heterocycles. The Morgan fingerprint density at radius 2 is 2.10 bits per heavy atom. The molecular formula is C15H20N2O4. The summed E-state index contributed by atoms with van der Waals surface area (Å²) in [5, 5.41) is 15.1. The summed E-state index contributed by atoms with van der Waals surface area (Å²) in [6.07, 6.45) is 0.177. The number of alkyl carbamates (subject to hydrolysis) is 1. The molecule has 0 aromatic heterocycles. The second-order valence-corrected chi connectivity index (χ2v) is 5.99. The number of hydrogen-bond donors (Lipinski definition) is 3. The van der Waals surface area contributed by atoms with E-state index < -0.39 is 17.7 Å². The zero-order valence-corrected chi connectivity index (χ0v) is 12.4. The molecule has 0 aliphatic carbocycles. The Kier molecular flexibility index (Phi) is 4.06. The lowest BCUT2D eigenvalue weighted by Crippen LogP contribution is -2.37. The first-order chi connectivity index (χ1) is 9.78. The number of rotatable bonds is 2. The van der Waals surface area contributed by atoms with Crippen LogP contribution in [0, 0.1) is 0 Å². The summed E-state index contributed by atoms with van der Waals surface area (Å²) in [7, 11) is 0. The van der Waals surface area contributed by atoms with Gasteiger partial charge >= 0.3 is 12.1 Å². The maximum Gasteiger partial charge on any atom is 0.408 e. The van der Waals surface area contributed by atoms with Gasteiger partial charge in [0.2, 0.25) is 0 Å². The molecular weight excluding hydrogens is 272 g/mol. The van der Waals surface area contributed by atoms with E-state index in [2.05, 4.69) is 10.6 Å². The second kappa shape index (κ2) is 5.63. The molecule has 0 radical (unpaired) electrons. The van der Waals surface area contributed by atoms with Crippen LogP contribution in [0.3, 0.4) is 0 Å². The fourth-order valence-electron chi connectivity index (χ4n) is 2.33. The van der Waals surface area contributed by atoms with Crippen molar-refractivity contribution < 1.29 is 19.4 Å². The molecule has 1 atom stereocenters. The van der Waals surface area contributed by atoms with E-state index >= 15 is 0 Å². The molecule has 0 fully saturated rings. The number of hydrogen-bond acceptors (Lipinski definition) is 4. The highest BCUT2D eigenvalue weighted by Crippen LogP contribution is 2.32. The van der Waals surface area contributed by atoms with Gasteiger partial charge in [0, 0.05) is 6.54 Å². The Balaban J connectivity index is 2.21. The molecule has 6 heteroatoms. The van der Waals surface area contributed by atoms with Crippen molar-refractivity contribution in [3.63, 3.8) is 0 Å². The predicted octanol–water partition coefficient (Wildman–Crippen LogP) is 2.77. The van der Waals surface area contributed by atoms with Crippen molar-refractivity contribution in [2.24, 2.45) is 0 Å². The summed E-state index contributed by atoms with van der Waals surface area (Å²) in [4.78, 5) is 23.1. The van der Waals surface area contributed by atoms with Crippen molar-refractivity contribution in [1.82, 2.24) is 5.32 Å². The van der Waals surface area contributed by atoms with Crippen molar-refractivity contribution in [3.8, 4) is 0 Å². The van der Waals surface area contributed by atoms with Crippen LogP contribution in [0.2, 0.25) is 0 Å². The summed E-state index contributed by atoms with van der Waals surface area (Å²) in [5.74, 6) is -0.989. The molecule has 1 aromatic carbocycles. The van der Waals surface area contributed by atoms with Crippen LogP contribution in [-0.2, 0) is 4.74 Å². The van der Waals surface area contributed by atoms with Crippen LogP contribution in [-0.4, -0.2) is 29.3 Å². The molecule has 0 bridgehead atoms. The Morgan fingerprint density at radius 3 is 2.71 bits per heavy atom. The molecule has 1 aliphatic rings. The van der Waals surface area contributed by atoms with Gasteiger partial charge in [-0.1, -0.05) is 12.1 Å². The Bertz CT molecular complexity index is 563. The SMILES string of the molecule is CC(C)(C)OC(=O)NC1CCNc2c(C(=O)O)cccc21. The summed E-state index contributed by atoms with van der Waals surface area (Å²) in [5.41, 5.74) is 0.982. The first-order valence-electron chi connectivity index (χ1n) is 6.87. The van der Waals surface area contributed by atoms with Gasteiger partial charge in [0.15, 0.2) is 0 Å². The summed E-state index contributed by atoms with van der Waals surface area (Å²) < 4.78 is 5.25. The van der Waals surface area contributed by atoms with E-state index in [1.165, 1.54) is 0 Å². The molecule has 6 nitrogen and oxygen atoms in total. The van der Waals surface area contributed by atoms with Crippen LogP contribution < -0.4 is 10.6 Å². The average molecular weight is 292 g/mol. The summed E-state index contributed by atoms with van der Waals surface area (Å²) >= 11 is 0. The Morgan fingerprint density at radius 1 is 1.38 bits per heavy atom. The second-order valence-electron chi connectivity index (χ2n) is 5.99. The maximum atomic E-state index is 11.9. The zero-order valence-electron chi connectivity index (χ0n) is 12.4. The van der Waals surface area contributed by atoms with Gasteiger partial charge in [-0.25, -0.2) is 9.59 Å². The molecule has 1 aliphatic heterocycles. The number of benzene rings is 1. The number of carbonyl (C=O) groups excluding carboxylic acids is 1. The lowest BCUT2D eigenvalue weighted by atomic mass is 9.95. The van der Waals surface area contributed by atoms with Gasteiger partial charge in [0.05, 0.1) is 17.3 Å². The predicted molar refractivity (Wildman–Crippen MR) is 78.6 cm³/mol. The van der Waals surface area contributed by atoms with Gasteiger partial charge in [-0.2, -0.15) is 0 Å². The lowest BCUT2D eigenvalue weighted by Gasteiger charge is -2.29. The van der Waals surface area contributed by atoms with Gasteiger partial charge < -0.3 is 20.5 Å². The average Bonchev–Trinajstić information content (AvgIpc) is 2.36.